The number of aryl methyl sites for hydroxylation is 1. The van der Waals surface area contributed by atoms with Gasteiger partial charge in [-0.15, -0.1) is 11.3 Å². The molecule has 3 aromatic rings. The number of likely N-dealkylation sites (tertiary alicyclic amines) is 2. The van der Waals surface area contributed by atoms with Crippen LogP contribution in [0.2, 0.25) is 0 Å². The van der Waals surface area contributed by atoms with Crippen LogP contribution >= 0.6 is 11.3 Å². The summed E-state index contributed by atoms with van der Waals surface area (Å²) in [6, 6.07) is 4.43. The number of nitrogens with zero attached hydrogens (tertiary/aromatic N) is 7. The second-order valence-electron chi connectivity index (χ2n) is 18.9. The smallest absolute Gasteiger partial charge is 0.326 e. The number of ether oxygens (including phenoxy) is 1. The molecule has 7 heterocycles. The van der Waals surface area contributed by atoms with Gasteiger partial charge in [0.25, 0.3) is 5.91 Å². The molecular formula is C46H60N9O7S+. The molecule has 0 radical (unpaired) electrons. The zero-order chi connectivity index (χ0) is 45.0. The van der Waals surface area contributed by atoms with Gasteiger partial charge in [0, 0.05) is 97.9 Å². The maximum absolute atomic E-state index is 14.6. The Morgan fingerprint density at radius 2 is 1.95 bits per heavy atom. The van der Waals surface area contributed by atoms with E-state index in [0.29, 0.717) is 48.7 Å². The first kappa shape index (κ1) is 44.4. The van der Waals surface area contributed by atoms with Crippen molar-refractivity contribution in [3.63, 3.8) is 0 Å². The second kappa shape index (κ2) is 17.4. The van der Waals surface area contributed by atoms with Crippen molar-refractivity contribution >= 4 is 57.7 Å². The molecule has 17 heteroatoms. The number of carbonyl (C=O) groups excluding carboxylic acids is 4. The van der Waals surface area contributed by atoms with Crippen molar-refractivity contribution in [1.29, 1.82) is 0 Å². The molecule has 8 rings (SSSR count). The summed E-state index contributed by atoms with van der Waals surface area (Å²) in [4.78, 5) is 88.8. The Hall–Kier alpha value is -5.26. The summed E-state index contributed by atoms with van der Waals surface area (Å²) >= 11 is 1.41. The summed E-state index contributed by atoms with van der Waals surface area (Å²) in [5.74, 6) is -1.54. The molecule has 3 fully saturated rings. The van der Waals surface area contributed by atoms with E-state index >= 15 is 0 Å². The topological polar surface area (TPSA) is 171 Å². The number of methoxy groups -OCH3 is 1. The maximum atomic E-state index is 14.6. The fourth-order valence-electron chi connectivity index (χ4n) is 10.00. The average Bonchev–Trinajstić information content (AvgIpc) is 3.94. The van der Waals surface area contributed by atoms with E-state index in [2.05, 4.69) is 61.0 Å². The number of fused-ring (bicyclic) bond motifs is 6. The minimum atomic E-state index is -1.07. The number of hydrazine groups is 1. The molecule has 16 nitrogen and oxygen atoms in total. The van der Waals surface area contributed by atoms with Crippen molar-refractivity contribution in [3.05, 3.63) is 63.1 Å². The van der Waals surface area contributed by atoms with Crippen LogP contribution in [0.1, 0.15) is 83.0 Å². The zero-order valence-electron chi connectivity index (χ0n) is 37.4. The first-order chi connectivity index (χ1) is 30.0. The number of hydrogen-bond donors (Lipinski definition) is 2. The highest BCUT2D eigenvalue weighted by Gasteiger charge is 2.57. The lowest BCUT2D eigenvalue weighted by atomic mass is 9.78. The first-order valence-electron chi connectivity index (χ1n) is 22.1. The fraction of sp³-hybridized carbons (Fsp3) is 0.565. The van der Waals surface area contributed by atoms with Gasteiger partial charge in [-0.05, 0) is 68.7 Å². The third-order valence-corrected chi connectivity index (χ3v) is 14.3. The third-order valence-electron chi connectivity index (χ3n) is 13.4. The summed E-state index contributed by atoms with van der Waals surface area (Å²) in [5, 5.41) is 8.13. The number of thiazole rings is 1. The predicted octanol–water partition coefficient (Wildman–Crippen LogP) is 4.96. The van der Waals surface area contributed by atoms with E-state index < -0.39 is 40.9 Å². The lowest BCUT2D eigenvalue weighted by molar-refractivity contribution is -0.835. The molecule has 4 atom stereocenters. The van der Waals surface area contributed by atoms with Crippen LogP contribution in [0, 0.1) is 21.7 Å². The fourth-order valence-corrected chi connectivity index (χ4v) is 10.8. The number of hydrogen-bond acceptors (Lipinski definition) is 11. The van der Waals surface area contributed by atoms with Gasteiger partial charge in [0.15, 0.2) is 6.61 Å². The number of amides is 4. The number of aliphatic imine (C=N–C) groups is 1. The highest BCUT2D eigenvalue weighted by atomic mass is 32.1. The molecule has 3 saturated heterocycles. The molecule has 5 aliphatic heterocycles. The summed E-state index contributed by atoms with van der Waals surface area (Å²) in [5.41, 5.74) is 8.83. The highest BCUT2D eigenvalue weighted by Crippen LogP contribution is 2.43. The lowest BCUT2D eigenvalue weighted by Crippen LogP contribution is -2.64. The molecule has 1 aromatic carbocycles. The second-order valence-corrected chi connectivity index (χ2v) is 19.8. The molecule has 0 unspecified atom stereocenters. The summed E-state index contributed by atoms with van der Waals surface area (Å²) < 4.78 is 8.04. The SMILES string of the molecule is C=CC(=O)N1CC2(CCN([C@H](C(=O)N[C@H]3Cc4nc(cs4)-c4ccc5c(c4)c(c(C4=C([C@H](C)OC)N=CCC4)n5C)CC(C)(C)CO[N+](=O)[C@@H]4CCCN(N4)C3=O)C(C)C)C2=O)C1. The van der Waals surface area contributed by atoms with Crippen LogP contribution in [-0.4, -0.2) is 123 Å². The van der Waals surface area contributed by atoms with E-state index in [9.17, 15) is 24.1 Å². The van der Waals surface area contributed by atoms with Gasteiger partial charge in [-0.1, -0.05) is 40.3 Å². The quantitative estimate of drug-likeness (QED) is 0.297. The number of allylic oxidation sites excluding steroid dienone is 1. The molecule has 6 bridgehead atoms. The molecule has 4 amide bonds. The summed E-state index contributed by atoms with van der Waals surface area (Å²) in [6.45, 7) is 14.9. The lowest BCUT2D eigenvalue weighted by Gasteiger charge is -2.46. The van der Waals surface area contributed by atoms with Crippen LogP contribution in [0.15, 0.2) is 46.9 Å². The van der Waals surface area contributed by atoms with Gasteiger partial charge < -0.3 is 24.4 Å². The first-order valence-corrected chi connectivity index (χ1v) is 23.0. The van der Waals surface area contributed by atoms with Crippen molar-refractivity contribution in [3.8, 4) is 11.3 Å². The number of aromatic nitrogens is 2. The molecule has 2 aromatic heterocycles. The molecule has 336 valence electrons. The maximum Gasteiger partial charge on any atom is 0.326 e. The third kappa shape index (κ3) is 8.34. The number of rotatable bonds is 8. The van der Waals surface area contributed by atoms with E-state index in [1.54, 1.807) is 16.9 Å². The normalized spacial score (nSPS) is 23.5. The van der Waals surface area contributed by atoms with Crippen LogP contribution in [0.3, 0.4) is 0 Å². The van der Waals surface area contributed by atoms with Crippen molar-refractivity contribution in [1.82, 2.24) is 35.1 Å². The molecule has 63 heavy (non-hydrogen) atoms. The number of nitrogens with one attached hydrogen (secondary N) is 2. The van der Waals surface area contributed by atoms with Crippen LogP contribution in [0.4, 0.5) is 0 Å². The molecule has 0 aliphatic carbocycles. The predicted molar refractivity (Wildman–Crippen MR) is 240 cm³/mol. The summed E-state index contributed by atoms with van der Waals surface area (Å²) in [7, 11) is 3.78. The van der Waals surface area contributed by atoms with Crippen LogP contribution < -0.4 is 10.7 Å². The summed E-state index contributed by atoms with van der Waals surface area (Å²) in [6.07, 6.45) is 5.93. The van der Waals surface area contributed by atoms with Crippen molar-refractivity contribution < 1.29 is 33.7 Å². The van der Waals surface area contributed by atoms with E-state index in [-0.39, 0.29) is 50.0 Å². The van der Waals surface area contributed by atoms with Gasteiger partial charge in [-0.2, -0.15) is 5.43 Å². The average molecular weight is 883 g/mol. The molecule has 1 spiro atoms. The van der Waals surface area contributed by atoms with E-state index in [4.69, 9.17) is 19.6 Å². The Bertz CT molecular complexity index is 2410. The Balaban J connectivity index is 1.15. The minimum Gasteiger partial charge on any atom is -0.375 e. The van der Waals surface area contributed by atoms with E-state index in [1.165, 1.54) is 22.4 Å². The van der Waals surface area contributed by atoms with Gasteiger partial charge in [0.05, 0.1) is 32.8 Å². The number of benzene rings is 1. The van der Waals surface area contributed by atoms with Crippen molar-refractivity contribution in [2.75, 3.05) is 39.9 Å². The Morgan fingerprint density at radius 1 is 1.17 bits per heavy atom. The Labute approximate surface area is 372 Å². The zero-order valence-corrected chi connectivity index (χ0v) is 38.3. The van der Waals surface area contributed by atoms with Crippen molar-refractivity contribution in [2.45, 2.75) is 104 Å². The van der Waals surface area contributed by atoms with E-state index in [0.717, 1.165) is 57.5 Å². The van der Waals surface area contributed by atoms with Gasteiger partial charge in [0.2, 0.25) is 22.6 Å². The number of carbonyl (C=O) groups is 4. The molecule has 0 saturated carbocycles. The van der Waals surface area contributed by atoms with Gasteiger partial charge >= 0.3 is 6.17 Å². The van der Waals surface area contributed by atoms with Crippen LogP contribution in [0.25, 0.3) is 27.7 Å². The van der Waals surface area contributed by atoms with E-state index in [1.807, 2.05) is 32.4 Å². The standard InChI is InChI=1S/C46H59N9O7S/c1-9-38(56)52-24-46(25-52)16-19-53(44(46)59)40(27(2)3)42(57)49-33-21-37-48-34(23-63-37)29-14-15-35-31(20-29)32(41(51(35)7)30-12-10-17-47-39(30)28(4)61-8)22-45(5,6)26-62-55(60)36-13-11-18-54(50-36)43(33)58/h9,14-15,17,20,23,27-28,33,36,40,50H,1,10-13,16,18-19,21-22,24-26H2,2-8H3/p+1/t28-,33-,36+,40-/m0/s1. The van der Waals surface area contributed by atoms with Gasteiger partial charge in [-0.25, -0.2) is 9.82 Å². The van der Waals surface area contributed by atoms with Crippen molar-refractivity contribution in [2.24, 2.45) is 28.8 Å². The van der Waals surface area contributed by atoms with Gasteiger partial charge in [0.1, 0.15) is 12.1 Å². The highest BCUT2D eigenvalue weighted by molar-refractivity contribution is 7.10. The Kier molecular flexibility index (Phi) is 12.2. The van der Waals surface area contributed by atoms with Gasteiger partial charge in [-0.3, -0.25) is 29.2 Å². The van der Waals surface area contributed by atoms with Crippen LogP contribution in [0.5, 0.6) is 0 Å². The van der Waals surface area contributed by atoms with Crippen LogP contribution in [-0.2, 0) is 48.6 Å². The Morgan fingerprint density at radius 3 is 2.68 bits per heavy atom. The molecule has 2 N–H and O–H groups in total. The largest absolute Gasteiger partial charge is 0.375 e. The molecule has 5 aliphatic rings. The molecular weight excluding hydrogens is 823 g/mol. The minimum absolute atomic E-state index is 0.0866. The monoisotopic (exact) mass is 882 g/mol.